The Bertz CT molecular complexity index is 709. The van der Waals surface area contributed by atoms with Gasteiger partial charge in [-0.25, -0.2) is 4.79 Å². The minimum atomic E-state index is -4.52. The highest BCUT2D eigenvalue weighted by atomic mass is 19.4. The maximum Gasteiger partial charge on any atom is 0.416 e. The predicted octanol–water partition coefficient (Wildman–Crippen LogP) is 1.52. The van der Waals surface area contributed by atoms with E-state index < -0.39 is 35.1 Å². The Balaban J connectivity index is 1.72. The standard InChI is InChI=1S/C15H14F3N3O3/c16-15(17,18)10-3-1-2-9(8-10)11(22)21-6-4-14(5-7-21)12(23)19-13(24)20-14/h1-3,8H,4-7H2,(H2,19,20,23,24). The molecule has 9 heteroatoms. The number of nitrogens with one attached hydrogen (secondary N) is 2. The van der Waals surface area contributed by atoms with Gasteiger partial charge in [0.1, 0.15) is 5.54 Å². The van der Waals surface area contributed by atoms with Gasteiger partial charge in [0.15, 0.2) is 0 Å². The van der Waals surface area contributed by atoms with Crippen molar-refractivity contribution in [3.05, 3.63) is 35.4 Å². The maximum atomic E-state index is 12.7. The summed E-state index contributed by atoms with van der Waals surface area (Å²) in [6.45, 7) is 0.339. The number of halogens is 3. The van der Waals surface area contributed by atoms with Crippen LogP contribution in [0.2, 0.25) is 0 Å². The Morgan fingerprint density at radius 2 is 1.83 bits per heavy atom. The first-order valence-corrected chi connectivity index (χ1v) is 7.31. The Kier molecular flexibility index (Phi) is 3.73. The minimum absolute atomic E-state index is 0.0549. The molecule has 2 saturated heterocycles. The molecule has 0 saturated carbocycles. The van der Waals surface area contributed by atoms with Crippen LogP contribution in [-0.4, -0.2) is 41.4 Å². The molecule has 1 aromatic carbocycles. The van der Waals surface area contributed by atoms with Gasteiger partial charge >= 0.3 is 12.2 Å². The number of imide groups is 1. The van der Waals surface area contributed by atoms with Crippen molar-refractivity contribution in [2.45, 2.75) is 24.6 Å². The Labute approximate surface area is 135 Å². The predicted molar refractivity (Wildman–Crippen MR) is 76.0 cm³/mol. The molecule has 3 rings (SSSR count). The van der Waals surface area contributed by atoms with Crippen molar-refractivity contribution in [3.63, 3.8) is 0 Å². The molecule has 0 unspecified atom stereocenters. The van der Waals surface area contributed by atoms with Crippen molar-refractivity contribution in [3.8, 4) is 0 Å². The van der Waals surface area contributed by atoms with Crippen molar-refractivity contribution in [1.29, 1.82) is 0 Å². The van der Waals surface area contributed by atoms with E-state index in [1.807, 2.05) is 0 Å². The zero-order valence-corrected chi connectivity index (χ0v) is 12.4. The molecule has 0 radical (unpaired) electrons. The molecule has 0 aromatic heterocycles. The number of rotatable bonds is 1. The van der Waals surface area contributed by atoms with Gasteiger partial charge in [0.05, 0.1) is 5.56 Å². The lowest BCUT2D eigenvalue weighted by Crippen LogP contribution is -2.55. The molecule has 1 aromatic rings. The zero-order chi connectivity index (χ0) is 17.5. The molecule has 0 aliphatic carbocycles. The summed E-state index contributed by atoms with van der Waals surface area (Å²) in [5, 5.41) is 4.72. The number of alkyl halides is 3. The van der Waals surface area contributed by atoms with Crippen LogP contribution in [0.1, 0.15) is 28.8 Å². The number of hydrogen-bond donors (Lipinski definition) is 2. The Morgan fingerprint density at radius 3 is 2.38 bits per heavy atom. The zero-order valence-electron chi connectivity index (χ0n) is 12.4. The second kappa shape index (κ2) is 5.50. The van der Waals surface area contributed by atoms with E-state index in [9.17, 15) is 27.6 Å². The van der Waals surface area contributed by atoms with E-state index in [-0.39, 0.29) is 31.5 Å². The normalized spacial score (nSPS) is 20.0. The molecule has 2 aliphatic rings. The fourth-order valence-corrected chi connectivity index (χ4v) is 2.98. The molecular weight excluding hydrogens is 327 g/mol. The van der Waals surface area contributed by atoms with E-state index in [0.29, 0.717) is 0 Å². The fourth-order valence-electron chi connectivity index (χ4n) is 2.98. The monoisotopic (exact) mass is 341 g/mol. The summed E-state index contributed by atoms with van der Waals surface area (Å²) in [5.74, 6) is -0.959. The quantitative estimate of drug-likeness (QED) is 0.760. The van der Waals surface area contributed by atoms with Crippen LogP contribution in [0, 0.1) is 0 Å². The summed E-state index contributed by atoms with van der Waals surface area (Å²) in [5.41, 5.74) is -1.97. The molecule has 0 atom stereocenters. The molecule has 2 fully saturated rings. The van der Waals surface area contributed by atoms with Gasteiger partial charge in [-0.15, -0.1) is 0 Å². The van der Waals surface area contributed by atoms with Crippen LogP contribution in [0.5, 0.6) is 0 Å². The second-order valence-electron chi connectivity index (χ2n) is 5.86. The highest BCUT2D eigenvalue weighted by Gasteiger charge is 2.48. The SMILES string of the molecule is O=C1NC(=O)C2(CCN(C(=O)c3cccc(C(F)(F)F)c3)CC2)N1. The fraction of sp³-hybridized carbons (Fsp3) is 0.400. The van der Waals surface area contributed by atoms with Gasteiger partial charge in [0, 0.05) is 18.7 Å². The number of carbonyl (C=O) groups is 3. The average Bonchev–Trinajstić information content (AvgIpc) is 2.80. The van der Waals surface area contributed by atoms with Crippen LogP contribution in [0.4, 0.5) is 18.0 Å². The second-order valence-corrected chi connectivity index (χ2v) is 5.86. The van der Waals surface area contributed by atoms with Crippen molar-refractivity contribution in [1.82, 2.24) is 15.5 Å². The maximum absolute atomic E-state index is 12.7. The van der Waals surface area contributed by atoms with Crippen molar-refractivity contribution >= 4 is 17.8 Å². The van der Waals surface area contributed by atoms with Crippen LogP contribution in [0.25, 0.3) is 0 Å². The third-order valence-corrected chi connectivity index (χ3v) is 4.36. The molecule has 2 N–H and O–H groups in total. The van der Waals surface area contributed by atoms with Crippen LogP contribution in [-0.2, 0) is 11.0 Å². The Morgan fingerprint density at radius 1 is 1.17 bits per heavy atom. The van der Waals surface area contributed by atoms with E-state index >= 15 is 0 Å². The molecule has 1 spiro atoms. The molecule has 6 nitrogen and oxygen atoms in total. The lowest BCUT2D eigenvalue weighted by molar-refractivity contribution is -0.137. The van der Waals surface area contributed by atoms with Gasteiger partial charge in [0.2, 0.25) is 0 Å². The lowest BCUT2D eigenvalue weighted by atomic mass is 9.87. The number of nitrogens with zero attached hydrogens (tertiary/aromatic N) is 1. The number of urea groups is 1. The molecule has 2 aliphatic heterocycles. The van der Waals surface area contributed by atoms with Crippen LogP contribution in [0.3, 0.4) is 0 Å². The highest BCUT2D eigenvalue weighted by molar-refractivity contribution is 6.07. The number of amides is 4. The van der Waals surface area contributed by atoms with Crippen molar-refractivity contribution in [2.24, 2.45) is 0 Å². The summed E-state index contributed by atoms with van der Waals surface area (Å²) in [7, 11) is 0. The van der Waals surface area contributed by atoms with E-state index in [2.05, 4.69) is 10.6 Å². The van der Waals surface area contributed by atoms with Crippen molar-refractivity contribution in [2.75, 3.05) is 13.1 Å². The number of benzene rings is 1. The third-order valence-electron chi connectivity index (χ3n) is 4.36. The van der Waals surface area contributed by atoms with Crippen LogP contribution >= 0.6 is 0 Å². The van der Waals surface area contributed by atoms with Gasteiger partial charge in [-0.3, -0.25) is 14.9 Å². The van der Waals surface area contributed by atoms with Crippen LogP contribution < -0.4 is 10.6 Å². The van der Waals surface area contributed by atoms with E-state index in [4.69, 9.17) is 0 Å². The first kappa shape index (κ1) is 16.3. The van der Waals surface area contributed by atoms with Gasteiger partial charge in [0.25, 0.3) is 11.8 Å². The molecule has 4 amide bonds. The minimum Gasteiger partial charge on any atom is -0.338 e. The van der Waals surface area contributed by atoms with E-state index in [1.165, 1.54) is 17.0 Å². The molecule has 128 valence electrons. The number of hydrogen-bond acceptors (Lipinski definition) is 3. The van der Waals surface area contributed by atoms with Gasteiger partial charge in [-0.1, -0.05) is 6.07 Å². The Hall–Kier alpha value is -2.58. The summed E-state index contributed by atoms with van der Waals surface area (Å²) in [6.07, 6.45) is -4.08. The van der Waals surface area contributed by atoms with Gasteiger partial charge in [-0.2, -0.15) is 13.2 Å². The van der Waals surface area contributed by atoms with Gasteiger partial charge in [-0.05, 0) is 31.0 Å². The largest absolute Gasteiger partial charge is 0.416 e. The number of piperidine rings is 1. The smallest absolute Gasteiger partial charge is 0.338 e. The summed E-state index contributed by atoms with van der Waals surface area (Å²) in [6, 6.07) is 3.66. The third kappa shape index (κ3) is 2.81. The molecule has 24 heavy (non-hydrogen) atoms. The van der Waals surface area contributed by atoms with E-state index in [1.54, 1.807) is 0 Å². The van der Waals surface area contributed by atoms with Crippen molar-refractivity contribution < 1.29 is 27.6 Å². The number of carbonyl (C=O) groups excluding carboxylic acids is 3. The van der Waals surface area contributed by atoms with Crippen LogP contribution in [0.15, 0.2) is 24.3 Å². The number of likely N-dealkylation sites (tertiary alicyclic amines) is 1. The molecule has 0 bridgehead atoms. The summed E-state index contributed by atoms with van der Waals surface area (Å²) in [4.78, 5) is 36.9. The molecular formula is C15H14F3N3O3. The summed E-state index contributed by atoms with van der Waals surface area (Å²) < 4.78 is 38.2. The van der Waals surface area contributed by atoms with Gasteiger partial charge < -0.3 is 10.2 Å². The first-order chi connectivity index (χ1) is 11.2. The van der Waals surface area contributed by atoms with E-state index in [0.717, 1.165) is 12.1 Å². The highest BCUT2D eigenvalue weighted by Crippen LogP contribution is 2.30. The summed E-state index contributed by atoms with van der Waals surface area (Å²) >= 11 is 0. The first-order valence-electron chi connectivity index (χ1n) is 7.31. The molecule has 2 heterocycles. The lowest BCUT2D eigenvalue weighted by Gasteiger charge is -2.37. The topological polar surface area (TPSA) is 78.5 Å². The average molecular weight is 341 g/mol.